The number of aliphatic hydroxyl groups excluding tert-OH is 3. The lowest BCUT2D eigenvalue weighted by molar-refractivity contribution is -0.124. The summed E-state index contributed by atoms with van der Waals surface area (Å²) in [5, 5.41) is 33.5. The Kier molecular flexibility index (Phi) is 57.4. The van der Waals surface area contributed by atoms with Gasteiger partial charge in [0.25, 0.3) is 0 Å². The van der Waals surface area contributed by atoms with Crippen LogP contribution in [0.3, 0.4) is 0 Å². The van der Waals surface area contributed by atoms with E-state index in [4.69, 9.17) is 0 Å². The topological polar surface area (TPSA) is 89.8 Å². The third kappa shape index (κ3) is 55.5. The number of unbranched alkanes of at least 4 members (excludes halogenated alkanes) is 42. The lowest BCUT2D eigenvalue weighted by Crippen LogP contribution is -2.45. The molecule has 0 aliphatic carbocycles. The molecular formula is C64H121NO4. The standard InChI is InChI=1S/C64H121NO4/c1-3-5-7-9-11-13-15-17-19-21-23-25-27-29-30-31-32-34-35-37-39-41-43-45-47-49-51-53-55-57-61(67)59-64(69)65-62(60-66)63(68)58-56-54-52-50-48-46-44-42-40-38-36-33-28-26-24-22-20-18-16-14-12-10-8-6-4-2/h29-30,40,42,48,50,56,58,61-63,66-68H,3-28,31-39,41,43-47,49,51-55,57,59-60H2,1-2H3,(H,65,69)/b30-29-,42-40+,50-48+,58-56+. The van der Waals surface area contributed by atoms with Crippen LogP contribution in [0.5, 0.6) is 0 Å². The molecule has 0 bridgehead atoms. The quantitative estimate of drug-likeness (QED) is 0.0361. The Morgan fingerprint density at radius 2 is 0.623 bits per heavy atom. The van der Waals surface area contributed by atoms with Crippen LogP contribution in [0.1, 0.15) is 328 Å². The molecule has 0 aromatic rings. The van der Waals surface area contributed by atoms with E-state index in [9.17, 15) is 20.1 Å². The van der Waals surface area contributed by atoms with Crippen molar-refractivity contribution < 1.29 is 20.1 Å². The van der Waals surface area contributed by atoms with Crippen molar-refractivity contribution >= 4 is 5.91 Å². The molecule has 0 aromatic carbocycles. The summed E-state index contributed by atoms with van der Waals surface area (Å²) >= 11 is 0. The zero-order valence-electron chi connectivity index (χ0n) is 46.5. The van der Waals surface area contributed by atoms with Crippen molar-refractivity contribution in [2.45, 2.75) is 347 Å². The highest BCUT2D eigenvalue weighted by atomic mass is 16.3. The molecule has 3 atom stereocenters. The van der Waals surface area contributed by atoms with Gasteiger partial charge in [-0.25, -0.2) is 0 Å². The molecule has 5 heteroatoms. The molecule has 0 aliphatic rings. The molecule has 0 fully saturated rings. The van der Waals surface area contributed by atoms with Gasteiger partial charge >= 0.3 is 0 Å². The highest BCUT2D eigenvalue weighted by molar-refractivity contribution is 5.76. The molecule has 0 heterocycles. The fourth-order valence-corrected chi connectivity index (χ4v) is 9.61. The maximum Gasteiger partial charge on any atom is 0.222 e. The van der Waals surface area contributed by atoms with Gasteiger partial charge < -0.3 is 20.6 Å². The highest BCUT2D eigenvalue weighted by Gasteiger charge is 2.20. The number of amides is 1. The number of hydrogen-bond acceptors (Lipinski definition) is 4. The summed E-state index contributed by atoms with van der Waals surface area (Å²) in [6.45, 7) is 4.24. The zero-order chi connectivity index (χ0) is 50.0. The Balaban J connectivity index is 3.59. The summed E-state index contributed by atoms with van der Waals surface area (Å²) in [5.41, 5.74) is 0. The number of carbonyl (C=O) groups is 1. The zero-order valence-corrected chi connectivity index (χ0v) is 46.5. The van der Waals surface area contributed by atoms with Crippen molar-refractivity contribution in [3.05, 3.63) is 48.6 Å². The average molecular weight is 969 g/mol. The fraction of sp³-hybridized carbons (Fsp3) is 0.859. The Morgan fingerprint density at radius 3 is 0.928 bits per heavy atom. The van der Waals surface area contributed by atoms with E-state index in [1.54, 1.807) is 6.08 Å². The summed E-state index contributed by atoms with van der Waals surface area (Å²) in [5.74, 6) is -0.326. The second kappa shape index (κ2) is 58.9. The van der Waals surface area contributed by atoms with Crippen LogP contribution in [0.15, 0.2) is 48.6 Å². The van der Waals surface area contributed by atoms with Crippen LogP contribution >= 0.6 is 0 Å². The van der Waals surface area contributed by atoms with Gasteiger partial charge in [-0.3, -0.25) is 4.79 Å². The van der Waals surface area contributed by atoms with Crippen molar-refractivity contribution in [3.8, 4) is 0 Å². The average Bonchev–Trinajstić information content (AvgIpc) is 3.35. The molecule has 0 saturated carbocycles. The maximum absolute atomic E-state index is 12.5. The normalized spacial score (nSPS) is 13.5. The molecule has 1 amide bonds. The van der Waals surface area contributed by atoms with Gasteiger partial charge in [-0.05, 0) is 70.6 Å². The van der Waals surface area contributed by atoms with E-state index in [-0.39, 0.29) is 18.9 Å². The summed E-state index contributed by atoms with van der Waals surface area (Å²) in [7, 11) is 0. The SMILES string of the molecule is CCCCCCCCCCCCCC/C=C\CCCCCCCCCCCCCCCC(O)CC(=O)NC(CO)C(O)/C=C/CC/C=C/CC/C=C/CCCCCCCCCCCCCCCCC. The van der Waals surface area contributed by atoms with E-state index in [2.05, 4.69) is 55.6 Å². The van der Waals surface area contributed by atoms with Crippen molar-refractivity contribution in [3.63, 3.8) is 0 Å². The van der Waals surface area contributed by atoms with E-state index in [1.165, 1.54) is 263 Å². The van der Waals surface area contributed by atoms with Gasteiger partial charge in [0.15, 0.2) is 0 Å². The first-order valence-electron chi connectivity index (χ1n) is 30.9. The van der Waals surface area contributed by atoms with Crippen LogP contribution in [0.4, 0.5) is 0 Å². The lowest BCUT2D eigenvalue weighted by Gasteiger charge is -2.21. The number of aliphatic hydroxyl groups is 3. The molecule has 0 saturated heterocycles. The number of rotatable bonds is 57. The minimum absolute atomic E-state index is 0.00299. The monoisotopic (exact) mass is 968 g/mol. The first kappa shape index (κ1) is 67.3. The van der Waals surface area contributed by atoms with Gasteiger partial charge in [0, 0.05) is 0 Å². The third-order valence-electron chi connectivity index (χ3n) is 14.3. The number of hydrogen-bond donors (Lipinski definition) is 4. The molecular weight excluding hydrogens is 847 g/mol. The number of nitrogens with one attached hydrogen (secondary N) is 1. The van der Waals surface area contributed by atoms with E-state index < -0.39 is 18.2 Å². The van der Waals surface area contributed by atoms with Crippen molar-refractivity contribution in [1.29, 1.82) is 0 Å². The summed E-state index contributed by atoms with van der Waals surface area (Å²) < 4.78 is 0. The molecule has 3 unspecified atom stereocenters. The van der Waals surface area contributed by atoms with Crippen LogP contribution < -0.4 is 5.32 Å². The van der Waals surface area contributed by atoms with Crippen molar-refractivity contribution in [2.24, 2.45) is 0 Å². The van der Waals surface area contributed by atoms with E-state index in [0.717, 1.165) is 38.5 Å². The lowest BCUT2D eigenvalue weighted by atomic mass is 10.0. The van der Waals surface area contributed by atoms with Crippen LogP contribution in [-0.2, 0) is 4.79 Å². The van der Waals surface area contributed by atoms with Crippen LogP contribution in [0.25, 0.3) is 0 Å². The fourth-order valence-electron chi connectivity index (χ4n) is 9.61. The number of allylic oxidation sites excluding steroid dienone is 7. The maximum atomic E-state index is 12.5. The second-order valence-electron chi connectivity index (χ2n) is 21.3. The molecule has 4 N–H and O–H groups in total. The van der Waals surface area contributed by atoms with Crippen LogP contribution in [0, 0.1) is 0 Å². The van der Waals surface area contributed by atoms with Crippen LogP contribution in [0.2, 0.25) is 0 Å². The van der Waals surface area contributed by atoms with Crippen molar-refractivity contribution in [1.82, 2.24) is 5.32 Å². The molecule has 69 heavy (non-hydrogen) atoms. The molecule has 0 spiro atoms. The Labute approximate surface area is 431 Å². The third-order valence-corrected chi connectivity index (χ3v) is 14.3. The van der Waals surface area contributed by atoms with Gasteiger partial charge in [0.05, 0.1) is 31.3 Å². The van der Waals surface area contributed by atoms with Gasteiger partial charge in [0.2, 0.25) is 5.91 Å². The first-order valence-corrected chi connectivity index (χ1v) is 30.9. The molecule has 0 rings (SSSR count). The van der Waals surface area contributed by atoms with E-state index >= 15 is 0 Å². The summed E-state index contributed by atoms with van der Waals surface area (Å²) in [6, 6.07) is -0.770. The molecule has 0 radical (unpaired) electrons. The molecule has 406 valence electrons. The first-order chi connectivity index (χ1) is 34.0. The molecule has 0 aliphatic heterocycles. The van der Waals surface area contributed by atoms with Gasteiger partial charge in [-0.1, -0.05) is 300 Å². The van der Waals surface area contributed by atoms with Gasteiger partial charge in [-0.2, -0.15) is 0 Å². The Hall–Kier alpha value is -1.69. The van der Waals surface area contributed by atoms with E-state index in [1.807, 2.05) is 6.08 Å². The van der Waals surface area contributed by atoms with Crippen LogP contribution in [-0.4, -0.2) is 46.1 Å². The highest BCUT2D eigenvalue weighted by Crippen LogP contribution is 2.17. The predicted octanol–water partition coefficient (Wildman–Crippen LogP) is 19.6. The largest absolute Gasteiger partial charge is 0.394 e. The summed E-state index contributed by atoms with van der Waals surface area (Å²) in [6.07, 6.45) is 79.0. The van der Waals surface area contributed by atoms with Gasteiger partial charge in [-0.15, -0.1) is 0 Å². The Bertz CT molecular complexity index is 1110. The molecule has 5 nitrogen and oxygen atoms in total. The second-order valence-corrected chi connectivity index (χ2v) is 21.3. The van der Waals surface area contributed by atoms with Gasteiger partial charge in [0.1, 0.15) is 0 Å². The summed E-state index contributed by atoms with van der Waals surface area (Å²) in [4.78, 5) is 12.5. The minimum Gasteiger partial charge on any atom is -0.394 e. The predicted molar refractivity (Wildman–Crippen MR) is 305 cm³/mol. The van der Waals surface area contributed by atoms with Crippen molar-refractivity contribution in [2.75, 3.05) is 6.61 Å². The number of carbonyl (C=O) groups excluding carboxylic acids is 1. The smallest absolute Gasteiger partial charge is 0.222 e. The van der Waals surface area contributed by atoms with E-state index in [0.29, 0.717) is 6.42 Å². The molecule has 0 aromatic heterocycles. The minimum atomic E-state index is -0.962. The Morgan fingerprint density at radius 1 is 0.362 bits per heavy atom.